The fourth-order valence-electron chi connectivity index (χ4n) is 3.98. The van der Waals surface area contributed by atoms with Crippen molar-refractivity contribution in [3.05, 3.63) is 74.4 Å². The summed E-state index contributed by atoms with van der Waals surface area (Å²) in [5.41, 5.74) is 7.27. The van der Waals surface area contributed by atoms with Gasteiger partial charge in [0.2, 0.25) is 6.41 Å². The molecular formula is C24H25BrClN3O. The zero-order valence-electron chi connectivity index (χ0n) is 16.7. The number of carbonyl (C=O) groups excluding carboxylic acids is 1. The van der Waals surface area contributed by atoms with E-state index in [1.165, 1.54) is 48.1 Å². The zero-order valence-corrected chi connectivity index (χ0v) is 19.0. The first-order valence-electron chi connectivity index (χ1n) is 10.3. The van der Waals surface area contributed by atoms with Gasteiger partial charge in [-0.3, -0.25) is 4.79 Å². The smallest absolute Gasteiger partial charge is 0.211 e. The predicted octanol–water partition coefficient (Wildman–Crippen LogP) is 5.90. The second kappa shape index (κ2) is 9.82. The summed E-state index contributed by atoms with van der Waals surface area (Å²) in [6.07, 6.45) is 9.58. The van der Waals surface area contributed by atoms with Crippen molar-refractivity contribution in [3.8, 4) is 0 Å². The Balaban J connectivity index is 0.000000158. The fourth-order valence-corrected chi connectivity index (χ4v) is 4.57. The van der Waals surface area contributed by atoms with Crippen LogP contribution in [0.15, 0.2) is 52.6 Å². The summed E-state index contributed by atoms with van der Waals surface area (Å²) in [4.78, 5) is 10.6. The number of halogens is 2. The summed E-state index contributed by atoms with van der Waals surface area (Å²) in [6, 6.07) is 12.2. The van der Waals surface area contributed by atoms with Gasteiger partial charge < -0.3 is 16.0 Å². The number of carbonyl (C=O) groups is 1. The lowest BCUT2D eigenvalue weighted by Crippen LogP contribution is -2.15. The topological polar surface area (TPSA) is 53.2 Å². The van der Waals surface area contributed by atoms with Crippen LogP contribution in [-0.4, -0.2) is 19.5 Å². The second-order valence-corrected chi connectivity index (χ2v) is 9.02. The van der Waals surface area contributed by atoms with Crippen molar-refractivity contribution in [2.24, 2.45) is 0 Å². The number of rotatable bonds is 3. The molecule has 3 aliphatic rings. The van der Waals surface area contributed by atoms with E-state index in [4.69, 9.17) is 11.6 Å². The molecule has 1 saturated heterocycles. The van der Waals surface area contributed by atoms with Crippen LogP contribution in [0.2, 0.25) is 5.02 Å². The zero-order chi connectivity index (χ0) is 20.9. The Labute approximate surface area is 190 Å². The van der Waals surface area contributed by atoms with Crippen LogP contribution in [0, 0.1) is 0 Å². The highest BCUT2D eigenvalue weighted by Crippen LogP contribution is 2.38. The minimum Gasteiger partial charge on any atom is -0.361 e. The summed E-state index contributed by atoms with van der Waals surface area (Å²) >= 11 is 9.30. The van der Waals surface area contributed by atoms with Crippen LogP contribution in [-0.2, 0) is 4.79 Å². The van der Waals surface area contributed by atoms with Gasteiger partial charge in [0.25, 0.3) is 0 Å². The van der Waals surface area contributed by atoms with Gasteiger partial charge in [-0.15, -0.1) is 0 Å². The normalized spacial score (nSPS) is 19.2. The Morgan fingerprint density at radius 1 is 1.17 bits per heavy atom. The first kappa shape index (κ1) is 21.2. The summed E-state index contributed by atoms with van der Waals surface area (Å²) in [5.74, 6) is 0.697. The van der Waals surface area contributed by atoms with Crippen molar-refractivity contribution in [1.82, 2.24) is 10.6 Å². The summed E-state index contributed by atoms with van der Waals surface area (Å²) in [6.45, 7) is 2.26. The Hall–Kier alpha value is -2.08. The lowest BCUT2D eigenvalue weighted by molar-refractivity contribution is -0.105. The van der Waals surface area contributed by atoms with Gasteiger partial charge in [0.05, 0.1) is 5.69 Å². The van der Waals surface area contributed by atoms with E-state index in [-0.39, 0.29) is 0 Å². The SMILES string of the molecule is Clc1ccc(C2CCNC2)cc1.O=CNc1cc2c(cc1Br)C(=C1CCC1)NC=C2. The number of allylic oxidation sites excluding steroid dienone is 1. The molecule has 3 N–H and O–H groups in total. The molecule has 0 bridgehead atoms. The molecule has 2 heterocycles. The third-order valence-electron chi connectivity index (χ3n) is 5.83. The summed E-state index contributed by atoms with van der Waals surface area (Å²) in [7, 11) is 0. The van der Waals surface area contributed by atoms with Gasteiger partial charge in [0.1, 0.15) is 0 Å². The maximum absolute atomic E-state index is 10.6. The second-order valence-electron chi connectivity index (χ2n) is 7.73. The molecule has 1 unspecified atom stereocenters. The van der Waals surface area contributed by atoms with E-state index < -0.39 is 0 Å². The molecule has 4 nitrogen and oxygen atoms in total. The van der Waals surface area contributed by atoms with Crippen LogP contribution >= 0.6 is 27.5 Å². The Morgan fingerprint density at radius 3 is 2.60 bits per heavy atom. The van der Waals surface area contributed by atoms with E-state index in [0.29, 0.717) is 12.3 Å². The van der Waals surface area contributed by atoms with Gasteiger partial charge in [0.15, 0.2) is 0 Å². The molecule has 6 heteroatoms. The molecule has 30 heavy (non-hydrogen) atoms. The number of nitrogens with one attached hydrogen (secondary N) is 3. The highest BCUT2D eigenvalue weighted by atomic mass is 79.9. The van der Waals surface area contributed by atoms with Crippen LogP contribution in [0.1, 0.15) is 48.3 Å². The van der Waals surface area contributed by atoms with Crippen molar-refractivity contribution in [1.29, 1.82) is 0 Å². The van der Waals surface area contributed by atoms with Gasteiger partial charge in [0, 0.05) is 33.5 Å². The minimum atomic E-state index is 0.697. The number of hydrogen-bond donors (Lipinski definition) is 3. The van der Waals surface area contributed by atoms with E-state index in [9.17, 15) is 4.79 Å². The number of amides is 1. The molecule has 1 saturated carbocycles. The standard InChI is InChI=1S/C14H13BrN2O.C10H12ClN/c15-12-7-11-10(6-13(12)17-8-18)4-5-16-14(11)9-2-1-3-9;11-10-3-1-8(2-4-10)9-5-6-12-7-9/h4-8,16H,1-3H2,(H,17,18);1-4,9,12H,5-7H2. The molecule has 156 valence electrons. The predicted molar refractivity (Wildman–Crippen MR) is 128 cm³/mol. The van der Waals surface area contributed by atoms with Crippen molar-refractivity contribution in [3.63, 3.8) is 0 Å². The van der Waals surface area contributed by atoms with Crippen LogP contribution in [0.25, 0.3) is 11.8 Å². The van der Waals surface area contributed by atoms with Gasteiger partial charge in [-0.05, 0) is 101 Å². The monoisotopic (exact) mass is 485 g/mol. The molecular weight excluding hydrogens is 462 g/mol. The van der Waals surface area contributed by atoms with Gasteiger partial charge >= 0.3 is 0 Å². The number of anilines is 1. The third kappa shape index (κ3) is 4.80. The molecule has 0 radical (unpaired) electrons. The molecule has 0 spiro atoms. The molecule has 2 aromatic carbocycles. The van der Waals surface area contributed by atoms with E-state index in [0.717, 1.165) is 33.8 Å². The number of fused-ring (bicyclic) bond motifs is 1. The van der Waals surface area contributed by atoms with Crippen molar-refractivity contribution < 1.29 is 4.79 Å². The van der Waals surface area contributed by atoms with Crippen molar-refractivity contribution in [2.45, 2.75) is 31.6 Å². The Bertz CT molecular complexity index is 973. The number of benzene rings is 2. The molecule has 1 amide bonds. The highest BCUT2D eigenvalue weighted by Gasteiger charge is 2.20. The van der Waals surface area contributed by atoms with Gasteiger partial charge in [-0.25, -0.2) is 0 Å². The van der Waals surface area contributed by atoms with E-state index >= 15 is 0 Å². The molecule has 2 fully saturated rings. The van der Waals surface area contributed by atoms with Crippen LogP contribution < -0.4 is 16.0 Å². The van der Waals surface area contributed by atoms with Crippen LogP contribution in [0.4, 0.5) is 5.69 Å². The summed E-state index contributed by atoms with van der Waals surface area (Å²) in [5, 5.41) is 10.2. The van der Waals surface area contributed by atoms with Crippen molar-refractivity contribution >= 4 is 51.4 Å². The lowest BCUT2D eigenvalue weighted by atomic mass is 9.86. The van der Waals surface area contributed by atoms with Crippen LogP contribution in [0.3, 0.4) is 0 Å². The number of hydrogen-bond acceptors (Lipinski definition) is 3. The average molecular weight is 487 g/mol. The maximum Gasteiger partial charge on any atom is 0.211 e. The first-order valence-corrected chi connectivity index (χ1v) is 11.5. The lowest BCUT2D eigenvalue weighted by Gasteiger charge is -2.26. The summed E-state index contributed by atoms with van der Waals surface area (Å²) < 4.78 is 0.905. The maximum atomic E-state index is 10.6. The van der Waals surface area contributed by atoms with E-state index in [1.54, 1.807) is 0 Å². The molecule has 1 aliphatic carbocycles. The Kier molecular flexibility index (Phi) is 6.93. The Morgan fingerprint density at radius 2 is 1.97 bits per heavy atom. The molecule has 2 aromatic rings. The fraction of sp³-hybridized carbons (Fsp3) is 0.292. The van der Waals surface area contributed by atoms with Crippen molar-refractivity contribution in [2.75, 3.05) is 18.4 Å². The molecule has 0 aromatic heterocycles. The highest BCUT2D eigenvalue weighted by molar-refractivity contribution is 9.10. The third-order valence-corrected chi connectivity index (χ3v) is 6.73. The molecule has 1 atom stereocenters. The van der Waals surface area contributed by atoms with E-state index in [1.807, 2.05) is 30.5 Å². The minimum absolute atomic E-state index is 0.697. The molecule has 5 rings (SSSR count). The van der Waals surface area contributed by atoms with E-state index in [2.05, 4.69) is 50.1 Å². The average Bonchev–Trinajstić information content (AvgIpc) is 3.24. The van der Waals surface area contributed by atoms with Gasteiger partial charge in [-0.2, -0.15) is 0 Å². The van der Waals surface area contributed by atoms with Gasteiger partial charge in [-0.1, -0.05) is 23.7 Å². The quantitative estimate of drug-likeness (QED) is 0.473. The largest absolute Gasteiger partial charge is 0.361 e. The molecule has 2 aliphatic heterocycles. The van der Waals surface area contributed by atoms with Crippen LogP contribution in [0.5, 0.6) is 0 Å². The first-order chi connectivity index (χ1) is 14.7.